The Morgan fingerprint density at radius 2 is 2.08 bits per heavy atom. The Kier molecular flexibility index (Phi) is 7.06. The number of hydrogen-bond donors (Lipinski definition) is 3. The zero-order valence-electron chi connectivity index (χ0n) is 20.8. The van der Waals surface area contributed by atoms with E-state index < -0.39 is 24.1 Å². The van der Waals surface area contributed by atoms with E-state index >= 15 is 0 Å². The molecule has 1 aliphatic carbocycles. The first kappa shape index (κ1) is 24.7. The summed E-state index contributed by atoms with van der Waals surface area (Å²) in [5.41, 5.74) is 2.53. The second kappa shape index (κ2) is 10.6. The van der Waals surface area contributed by atoms with Crippen molar-refractivity contribution < 1.29 is 14.7 Å². The van der Waals surface area contributed by atoms with Crippen LogP contribution in [0.5, 0.6) is 0 Å². The van der Waals surface area contributed by atoms with Gasteiger partial charge in [0.2, 0.25) is 5.91 Å². The number of carbonyl (C=O) groups is 2. The highest BCUT2D eigenvalue weighted by molar-refractivity contribution is 6.05. The van der Waals surface area contributed by atoms with Gasteiger partial charge < -0.3 is 15.4 Å². The number of nitrogens with one attached hydrogen (secondary N) is 2. The van der Waals surface area contributed by atoms with E-state index in [-0.39, 0.29) is 24.9 Å². The fraction of sp³-hybridized carbons (Fsp3) is 0.444. The molecule has 1 aromatic carbocycles. The molecule has 3 unspecified atom stereocenters. The standard InChI is InChI=1S/C27H31N7O3/c1-17-30-22-10-9-20(12-23(22)31-17)34(27(37)24-13-21(35)15-33(24)16-28)25(18-6-5-11-29-14-18)26(36)32-19-7-3-2-4-8-19/h5-6,9-12,14,19,21,24-25,35H,2-4,7-8,13,15H2,1H3,(H,30,31)(H,32,36). The third kappa shape index (κ3) is 5.13. The number of rotatable bonds is 6. The van der Waals surface area contributed by atoms with Crippen LogP contribution in [-0.2, 0) is 9.59 Å². The smallest absolute Gasteiger partial charge is 0.251 e. The third-order valence-corrected chi connectivity index (χ3v) is 7.25. The van der Waals surface area contributed by atoms with Crippen LogP contribution >= 0.6 is 0 Å². The SMILES string of the molecule is Cc1nc2ccc(N(C(=O)C3CC(O)CN3C#N)C(C(=O)NC3CCCCC3)c3cccnc3)cc2[nH]1. The molecule has 3 heterocycles. The molecule has 10 heteroatoms. The zero-order valence-corrected chi connectivity index (χ0v) is 20.8. The molecule has 1 saturated carbocycles. The molecule has 1 aliphatic heterocycles. The molecule has 10 nitrogen and oxygen atoms in total. The summed E-state index contributed by atoms with van der Waals surface area (Å²) in [4.78, 5) is 42.8. The van der Waals surface area contributed by atoms with E-state index in [2.05, 4.69) is 20.3 Å². The first-order valence-electron chi connectivity index (χ1n) is 12.8. The highest BCUT2D eigenvalue weighted by Crippen LogP contribution is 2.33. The van der Waals surface area contributed by atoms with Crippen LogP contribution in [-0.4, -0.2) is 61.5 Å². The van der Waals surface area contributed by atoms with Gasteiger partial charge in [-0.1, -0.05) is 25.3 Å². The van der Waals surface area contributed by atoms with Gasteiger partial charge in [0, 0.05) is 36.1 Å². The Balaban J connectivity index is 1.60. The van der Waals surface area contributed by atoms with Gasteiger partial charge in [0.15, 0.2) is 6.19 Å². The topological polar surface area (TPSA) is 138 Å². The van der Waals surface area contributed by atoms with Gasteiger partial charge in [0.1, 0.15) is 17.9 Å². The second-order valence-electron chi connectivity index (χ2n) is 9.92. The lowest BCUT2D eigenvalue weighted by molar-refractivity contribution is -0.128. The number of imidazole rings is 1. The number of H-pyrrole nitrogens is 1. The van der Waals surface area contributed by atoms with E-state index in [1.165, 1.54) is 9.80 Å². The molecular formula is C27H31N7O3. The predicted octanol–water partition coefficient (Wildman–Crippen LogP) is 2.71. The van der Waals surface area contributed by atoms with Gasteiger partial charge in [-0.15, -0.1) is 0 Å². The molecule has 2 aliphatic rings. The van der Waals surface area contributed by atoms with E-state index in [0.717, 1.165) is 49.0 Å². The first-order valence-corrected chi connectivity index (χ1v) is 12.8. The fourth-order valence-electron chi connectivity index (χ4n) is 5.48. The summed E-state index contributed by atoms with van der Waals surface area (Å²) in [5, 5.41) is 23.1. The summed E-state index contributed by atoms with van der Waals surface area (Å²) in [6, 6.07) is 7.03. The average Bonchev–Trinajstić information content (AvgIpc) is 3.48. The molecule has 5 rings (SSSR count). The number of aliphatic hydroxyl groups excluding tert-OH is 1. The molecule has 2 aromatic heterocycles. The summed E-state index contributed by atoms with van der Waals surface area (Å²) in [6.45, 7) is 1.93. The van der Waals surface area contributed by atoms with E-state index in [9.17, 15) is 20.0 Å². The molecule has 2 amide bonds. The van der Waals surface area contributed by atoms with Crippen LogP contribution in [0.2, 0.25) is 0 Å². The summed E-state index contributed by atoms with van der Waals surface area (Å²) < 4.78 is 0. The van der Waals surface area contributed by atoms with Crippen molar-refractivity contribution in [2.45, 2.75) is 69.7 Å². The maximum atomic E-state index is 14.2. The number of amides is 2. The number of aromatic amines is 1. The van der Waals surface area contributed by atoms with E-state index in [0.29, 0.717) is 11.3 Å². The lowest BCUT2D eigenvalue weighted by Gasteiger charge is -2.35. The molecule has 2 fully saturated rings. The van der Waals surface area contributed by atoms with Crippen molar-refractivity contribution in [2.24, 2.45) is 0 Å². The number of benzene rings is 1. The zero-order chi connectivity index (χ0) is 25.9. The number of hydrogen-bond acceptors (Lipinski definition) is 7. The molecule has 1 saturated heterocycles. The molecule has 3 aromatic rings. The van der Waals surface area contributed by atoms with Gasteiger partial charge in [0.05, 0.1) is 23.7 Å². The molecule has 0 radical (unpaired) electrons. The predicted molar refractivity (Wildman–Crippen MR) is 137 cm³/mol. The normalized spacial score (nSPS) is 20.9. The first-order chi connectivity index (χ1) is 17.9. The minimum Gasteiger partial charge on any atom is -0.391 e. The Morgan fingerprint density at radius 1 is 1.27 bits per heavy atom. The second-order valence-corrected chi connectivity index (χ2v) is 9.92. The van der Waals surface area contributed by atoms with Gasteiger partial charge in [-0.2, -0.15) is 5.26 Å². The summed E-state index contributed by atoms with van der Waals surface area (Å²) in [6.07, 6.45) is 9.61. The lowest BCUT2D eigenvalue weighted by atomic mass is 9.94. The van der Waals surface area contributed by atoms with E-state index in [4.69, 9.17) is 0 Å². The summed E-state index contributed by atoms with van der Waals surface area (Å²) in [5.74, 6) is 0.0102. The number of β-amino-alcohol motifs (C(OH)–C–C–N with tert-alkyl or cyclic N) is 1. The van der Waals surface area contributed by atoms with Crippen molar-refractivity contribution >= 4 is 28.5 Å². The molecule has 3 N–H and O–H groups in total. The molecule has 0 spiro atoms. The number of aliphatic hydroxyl groups is 1. The number of likely N-dealkylation sites (tertiary alicyclic amines) is 1. The van der Waals surface area contributed by atoms with E-state index in [1.807, 2.05) is 13.1 Å². The summed E-state index contributed by atoms with van der Waals surface area (Å²) in [7, 11) is 0. The average molecular weight is 502 g/mol. The molecular weight excluding hydrogens is 470 g/mol. The minimum atomic E-state index is -1.01. The molecule has 0 bridgehead atoms. The highest BCUT2D eigenvalue weighted by Gasteiger charge is 2.43. The summed E-state index contributed by atoms with van der Waals surface area (Å²) >= 11 is 0. The van der Waals surface area contributed by atoms with Crippen LogP contribution in [0.25, 0.3) is 11.0 Å². The third-order valence-electron chi connectivity index (χ3n) is 7.25. The van der Waals surface area contributed by atoms with Crippen molar-refractivity contribution in [1.29, 1.82) is 5.26 Å². The van der Waals surface area contributed by atoms with Crippen molar-refractivity contribution in [3.8, 4) is 6.19 Å². The number of carbonyl (C=O) groups excluding carboxylic acids is 2. The fourth-order valence-corrected chi connectivity index (χ4v) is 5.48. The number of pyridine rings is 1. The molecule has 192 valence electrons. The van der Waals surface area contributed by atoms with Gasteiger partial charge in [-0.05, 0) is 44.0 Å². The van der Waals surface area contributed by atoms with E-state index in [1.54, 1.807) is 42.7 Å². The van der Waals surface area contributed by atoms with Crippen molar-refractivity contribution in [3.05, 3.63) is 54.1 Å². The van der Waals surface area contributed by atoms with Crippen LogP contribution in [0.15, 0.2) is 42.7 Å². The Bertz CT molecular complexity index is 1310. The maximum Gasteiger partial charge on any atom is 0.251 e. The van der Waals surface area contributed by atoms with Crippen LogP contribution in [0.1, 0.15) is 56.0 Å². The highest BCUT2D eigenvalue weighted by atomic mass is 16.3. The number of nitriles is 1. The monoisotopic (exact) mass is 501 g/mol. The number of anilines is 1. The van der Waals surface area contributed by atoms with Gasteiger partial charge in [-0.3, -0.25) is 24.4 Å². The largest absolute Gasteiger partial charge is 0.391 e. The van der Waals surface area contributed by atoms with Crippen molar-refractivity contribution in [2.75, 3.05) is 11.4 Å². The Morgan fingerprint density at radius 3 is 2.81 bits per heavy atom. The number of nitrogens with zero attached hydrogens (tertiary/aromatic N) is 5. The van der Waals surface area contributed by atoms with Gasteiger partial charge in [0.25, 0.3) is 5.91 Å². The van der Waals surface area contributed by atoms with Crippen LogP contribution < -0.4 is 10.2 Å². The number of aromatic nitrogens is 3. The Hall–Kier alpha value is -3.97. The lowest BCUT2D eigenvalue weighted by Crippen LogP contribution is -2.51. The molecule has 37 heavy (non-hydrogen) atoms. The Labute approximate surface area is 215 Å². The van der Waals surface area contributed by atoms with Gasteiger partial charge in [-0.25, -0.2) is 4.98 Å². The van der Waals surface area contributed by atoms with Crippen molar-refractivity contribution in [1.82, 2.24) is 25.2 Å². The molecule has 3 atom stereocenters. The van der Waals surface area contributed by atoms with Crippen LogP contribution in [0, 0.1) is 18.4 Å². The number of aryl methyl sites for hydroxylation is 1. The van der Waals surface area contributed by atoms with Crippen molar-refractivity contribution in [3.63, 3.8) is 0 Å². The van der Waals surface area contributed by atoms with Crippen LogP contribution in [0.3, 0.4) is 0 Å². The minimum absolute atomic E-state index is 0.0408. The number of fused-ring (bicyclic) bond motifs is 1. The quantitative estimate of drug-likeness (QED) is 0.442. The van der Waals surface area contributed by atoms with Gasteiger partial charge >= 0.3 is 0 Å². The maximum absolute atomic E-state index is 14.2. The van der Waals surface area contributed by atoms with Crippen LogP contribution in [0.4, 0.5) is 5.69 Å².